The third-order valence-corrected chi connectivity index (χ3v) is 2.24. The third-order valence-electron chi connectivity index (χ3n) is 1.37. The highest BCUT2D eigenvalue weighted by Gasteiger charge is 2.11. The highest BCUT2D eigenvalue weighted by atomic mass is 32.1. The van der Waals surface area contributed by atoms with Crippen LogP contribution in [0, 0.1) is 0 Å². The topological polar surface area (TPSA) is 76.2 Å². The summed E-state index contributed by atoms with van der Waals surface area (Å²) >= 11 is 1.22. The number of nitrogens with zero attached hydrogens (tertiary/aromatic N) is 2. The molecule has 0 amide bonds. The van der Waals surface area contributed by atoms with Crippen molar-refractivity contribution in [3.63, 3.8) is 0 Å². The van der Waals surface area contributed by atoms with Gasteiger partial charge in [0.1, 0.15) is 17.0 Å². The fraction of sp³-hybridized carbons (Fsp3) is 0. The fourth-order valence-corrected chi connectivity index (χ4v) is 1.56. The number of carboxylic acid groups (broad SMARTS) is 1. The number of rotatable bonds is 2. The second kappa shape index (κ2) is 2.98. The van der Waals surface area contributed by atoms with Crippen LogP contribution >= 0.6 is 11.3 Å². The molecule has 2 aromatic heterocycles. The molecule has 0 aromatic carbocycles. The summed E-state index contributed by atoms with van der Waals surface area (Å²) in [4.78, 5) is 18.2. The van der Waals surface area contributed by atoms with Gasteiger partial charge in [0.15, 0.2) is 12.1 Å². The monoisotopic (exact) mass is 196 g/mol. The minimum Gasteiger partial charge on any atom is -0.476 e. The van der Waals surface area contributed by atoms with Crippen LogP contribution in [0.5, 0.6) is 0 Å². The molecule has 0 saturated heterocycles. The molecule has 0 atom stereocenters. The molecule has 0 unspecified atom stereocenters. The fourth-order valence-electron chi connectivity index (χ4n) is 0.808. The molecule has 6 heteroatoms. The van der Waals surface area contributed by atoms with Crippen LogP contribution < -0.4 is 0 Å². The zero-order chi connectivity index (χ0) is 9.26. The van der Waals surface area contributed by atoms with Crippen LogP contribution in [0.1, 0.15) is 10.5 Å². The van der Waals surface area contributed by atoms with Crippen molar-refractivity contribution in [1.82, 2.24) is 9.97 Å². The van der Waals surface area contributed by atoms with Crippen LogP contribution in [-0.4, -0.2) is 21.0 Å². The maximum Gasteiger partial charge on any atom is 0.355 e. The van der Waals surface area contributed by atoms with Crippen LogP contribution in [0.15, 0.2) is 22.5 Å². The summed E-state index contributed by atoms with van der Waals surface area (Å²) in [6, 6.07) is 0. The molecular formula is C7H4N2O3S. The predicted molar refractivity (Wildman–Crippen MR) is 44.6 cm³/mol. The molecule has 13 heavy (non-hydrogen) atoms. The van der Waals surface area contributed by atoms with Gasteiger partial charge in [-0.05, 0) is 0 Å². The zero-order valence-electron chi connectivity index (χ0n) is 6.30. The van der Waals surface area contributed by atoms with Crippen molar-refractivity contribution in [2.45, 2.75) is 0 Å². The van der Waals surface area contributed by atoms with Crippen LogP contribution in [0.4, 0.5) is 0 Å². The van der Waals surface area contributed by atoms with E-state index >= 15 is 0 Å². The Morgan fingerprint density at radius 2 is 2.46 bits per heavy atom. The Morgan fingerprint density at radius 1 is 1.62 bits per heavy atom. The Kier molecular flexibility index (Phi) is 1.82. The Balaban J connectivity index is 2.39. The minimum absolute atomic E-state index is 0.0306. The highest BCUT2D eigenvalue weighted by molar-refractivity contribution is 7.13. The molecule has 0 spiro atoms. The molecule has 0 radical (unpaired) electrons. The first-order valence-electron chi connectivity index (χ1n) is 3.35. The van der Waals surface area contributed by atoms with E-state index in [-0.39, 0.29) is 5.69 Å². The number of hydrogen-bond acceptors (Lipinski definition) is 5. The summed E-state index contributed by atoms with van der Waals surface area (Å²) in [5, 5.41) is 10.6. The van der Waals surface area contributed by atoms with E-state index < -0.39 is 5.97 Å². The largest absolute Gasteiger partial charge is 0.476 e. The lowest BCUT2D eigenvalue weighted by atomic mass is 10.5. The Morgan fingerprint density at radius 3 is 3.00 bits per heavy atom. The number of aromatic carboxylic acids is 1. The molecule has 1 N–H and O–H groups in total. The molecule has 0 aliphatic carbocycles. The predicted octanol–water partition coefficient (Wildman–Crippen LogP) is 1.50. The number of hydrogen-bond donors (Lipinski definition) is 1. The van der Waals surface area contributed by atoms with E-state index in [2.05, 4.69) is 9.97 Å². The Labute approximate surface area is 76.7 Å². The van der Waals surface area contributed by atoms with Gasteiger partial charge in [-0.1, -0.05) is 0 Å². The number of aromatic nitrogens is 2. The zero-order valence-corrected chi connectivity index (χ0v) is 7.11. The van der Waals surface area contributed by atoms with Gasteiger partial charge in [-0.2, -0.15) is 0 Å². The molecule has 2 heterocycles. The lowest BCUT2D eigenvalue weighted by molar-refractivity contribution is 0.0691. The van der Waals surface area contributed by atoms with Crippen molar-refractivity contribution in [1.29, 1.82) is 0 Å². The first-order chi connectivity index (χ1) is 6.27. The third kappa shape index (κ3) is 1.43. The van der Waals surface area contributed by atoms with Crippen molar-refractivity contribution >= 4 is 17.3 Å². The highest BCUT2D eigenvalue weighted by Crippen LogP contribution is 2.21. The van der Waals surface area contributed by atoms with E-state index in [1.165, 1.54) is 29.4 Å². The second-order valence-electron chi connectivity index (χ2n) is 2.22. The molecule has 5 nitrogen and oxygen atoms in total. The maximum absolute atomic E-state index is 10.5. The maximum atomic E-state index is 10.5. The molecule has 0 aliphatic rings. The van der Waals surface area contributed by atoms with Crippen LogP contribution in [0.3, 0.4) is 0 Å². The number of oxazole rings is 1. The van der Waals surface area contributed by atoms with Gasteiger partial charge in [0, 0.05) is 5.38 Å². The molecule has 2 rings (SSSR count). The molecular weight excluding hydrogens is 192 g/mol. The van der Waals surface area contributed by atoms with Crippen molar-refractivity contribution in [3.8, 4) is 10.7 Å². The van der Waals surface area contributed by atoms with Crippen molar-refractivity contribution in [2.75, 3.05) is 0 Å². The SMILES string of the molecule is O=C(O)c1csc(-c2cocn2)n1. The molecule has 0 bridgehead atoms. The smallest absolute Gasteiger partial charge is 0.355 e. The average molecular weight is 196 g/mol. The van der Waals surface area contributed by atoms with Gasteiger partial charge in [-0.15, -0.1) is 11.3 Å². The summed E-state index contributed by atoms with van der Waals surface area (Å²) < 4.78 is 4.75. The lowest BCUT2D eigenvalue weighted by Gasteiger charge is -1.83. The Hall–Kier alpha value is -1.69. The number of carbonyl (C=O) groups is 1. The van der Waals surface area contributed by atoms with Crippen molar-refractivity contribution in [2.24, 2.45) is 0 Å². The van der Waals surface area contributed by atoms with Gasteiger partial charge in [-0.25, -0.2) is 14.8 Å². The summed E-state index contributed by atoms with van der Waals surface area (Å²) in [7, 11) is 0. The van der Waals surface area contributed by atoms with Gasteiger partial charge in [-0.3, -0.25) is 0 Å². The summed E-state index contributed by atoms with van der Waals surface area (Å²) in [6.07, 6.45) is 2.70. The summed E-state index contributed by atoms with van der Waals surface area (Å²) in [5.41, 5.74) is 0.584. The molecule has 66 valence electrons. The number of carboxylic acids is 1. The van der Waals surface area contributed by atoms with Gasteiger partial charge in [0.2, 0.25) is 0 Å². The van der Waals surface area contributed by atoms with Crippen LogP contribution in [0.2, 0.25) is 0 Å². The molecule has 0 fully saturated rings. The summed E-state index contributed by atoms with van der Waals surface area (Å²) in [5.74, 6) is -1.04. The normalized spacial score (nSPS) is 10.2. The van der Waals surface area contributed by atoms with Gasteiger partial charge in [0.25, 0.3) is 0 Å². The lowest BCUT2D eigenvalue weighted by Crippen LogP contribution is -1.95. The average Bonchev–Trinajstić information content (AvgIpc) is 2.75. The Bertz CT molecular complexity index is 421. The summed E-state index contributed by atoms with van der Waals surface area (Å²) in [6.45, 7) is 0. The van der Waals surface area contributed by atoms with Crippen molar-refractivity contribution in [3.05, 3.63) is 23.7 Å². The molecule has 0 saturated carbocycles. The van der Waals surface area contributed by atoms with E-state index in [1.807, 2.05) is 0 Å². The van der Waals surface area contributed by atoms with E-state index in [1.54, 1.807) is 0 Å². The van der Waals surface area contributed by atoms with Crippen LogP contribution in [0.25, 0.3) is 10.7 Å². The van der Waals surface area contributed by atoms with Crippen molar-refractivity contribution < 1.29 is 14.3 Å². The molecule has 0 aliphatic heterocycles. The van der Waals surface area contributed by atoms with Crippen LogP contribution in [-0.2, 0) is 0 Å². The van der Waals surface area contributed by atoms with E-state index in [0.29, 0.717) is 10.7 Å². The quantitative estimate of drug-likeness (QED) is 0.787. The standard InChI is InChI=1S/C7H4N2O3S/c10-7(11)5-2-13-6(9-5)4-1-12-3-8-4/h1-3H,(H,10,11). The minimum atomic E-state index is -1.04. The first-order valence-corrected chi connectivity index (χ1v) is 4.22. The van der Waals surface area contributed by atoms with Gasteiger partial charge < -0.3 is 9.52 Å². The van der Waals surface area contributed by atoms with Gasteiger partial charge in [0.05, 0.1) is 0 Å². The molecule has 2 aromatic rings. The van der Waals surface area contributed by atoms with E-state index in [9.17, 15) is 4.79 Å². The van der Waals surface area contributed by atoms with Gasteiger partial charge >= 0.3 is 5.97 Å². The van der Waals surface area contributed by atoms with E-state index in [0.717, 1.165) is 0 Å². The number of thiazole rings is 1. The second-order valence-corrected chi connectivity index (χ2v) is 3.07. The van der Waals surface area contributed by atoms with E-state index in [4.69, 9.17) is 9.52 Å². The first kappa shape index (κ1) is 7.93.